The number of hydrogen-bond acceptors (Lipinski definition) is 3. The van der Waals surface area contributed by atoms with Gasteiger partial charge in [-0.05, 0) is 150 Å². The number of fused-ring (bicyclic) bond motifs is 9. The Bertz CT molecular complexity index is 4000. The third kappa shape index (κ3) is 6.68. The molecule has 0 atom stereocenters. The third-order valence-electron chi connectivity index (χ3n) is 15.0. The van der Waals surface area contributed by atoms with Gasteiger partial charge in [-0.25, -0.2) is 0 Å². The van der Waals surface area contributed by atoms with E-state index >= 15 is 0 Å². The molecule has 0 fully saturated rings. The normalized spacial score (nSPS) is 13.0. The molecule has 0 aliphatic carbocycles. The zero-order valence-corrected chi connectivity index (χ0v) is 42.2. The highest BCUT2D eigenvalue weighted by Crippen LogP contribution is 2.46. The van der Waals surface area contributed by atoms with Crippen LogP contribution < -0.4 is 25.4 Å². The highest BCUT2D eigenvalue weighted by molar-refractivity contribution is 7.03. The van der Waals surface area contributed by atoms with Crippen LogP contribution in [-0.4, -0.2) is 16.1 Å². The Balaban J connectivity index is 0.954. The number of hydrogen-bond donors (Lipinski definition) is 0. The topological polar surface area (TPSA) is 19.6 Å². The number of rotatable bonds is 8. The minimum absolute atomic E-state index is 0.877. The van der Waals surface area contributed by atoms with E-state index in [0.717, 1.165) is 44.7 Å². The molecule has 0 bridgehead atoms. The predicted octanol–water partition coefficient (Wildman–Crippen LogP) is 17.0. The number of furan rings is 1. The highest BCUT2D eigenvalue weighted by Gasteiger charge is 2.37. The average Bonchev–Trinajstić information content (AvgIpc) is 3.78. The van der Waals surface area contributed by atoms with E-state index in [1.807, 2.05) is 6.07 Å². The maximum atomic E-state index is 6.61. The van der Waals surface area contributed by atoms with E-state index in [1.54, 1.807) is 0 Å². The lowest BCUT2D eigenvalue weighted by Crippen LogP contribution is -2.56. The second kappa shape index (κ2) is 16.1. The van der Waals surface area contributed by atoms with Gasteiger partial charge < -0.3 is 14.2 Å². The van der Waals surface area contributed by atoms with Gasteiger partial charge in [0.25, 0.3) is 0 Å². The Kier molecular flexibility index (Phi) is 9.67. The molecule has 0 radical (unpaired) electrons. The summed E-state index contributed by atoms with van der Waals surface area (Å²) < 4.78 is 6.61. The molecule has 13 rings (SSSR count). The molecule has 336 valence electrons. The summed E-state index contributed by atoms with van der Waals surface area (Å²) in [5.74, 6) is 0. The molecule has 0 unspecified atom stereocenters. The fraction of sp³-hybridized carbons (Fsp3) is 0.0769. The van der Waals surface area contributed by atoms with Crippen molar-refractivity contribution >= 4 is 120 Å². The van der Waals surface area contributed by atoms with Gasteiger partial charge in [0.05, 0.1) is 13.8 Å². The van der Waals surface area contributed by atoms with E-state index in [4.69, 9.17) is 4.42 Å². The summed E-state index contributed by atoms with van der Waals surface area (Å²) in [6, 6.07) is 83.1. The number of para-hydroxylation sites is 4. The molecule has 12 aromatic rings. The lowest BCUT2D eigenvalue weighted by atomic mass is 9.87. The van der Waals surface area contributed by atoms with Gasteiger partial charge in [-0.15, -0.1) is 0 Å². The van der Waals surface area contributed by atoms with Gasteiger partial charge in [0.15, 0.2) is 5.58 Å². The number of nitrogens with zero attached hydrogens (tertiary/aromatic N) is 2. The summed E-state index contributed by atoms with van der Waals surface area (Å²) in [5, 5.41) is 14.5. The van der Waals surface area contributed by atoms with Crippen LogP contribution in [0.5, 0.6) is 0 Å². The summed E-state index contributed by atoms with van der Waals surface area (Å²) in [5.41, 5.74) is 13.6. The molecule has 0 amide bonds. The maximum Gasteiger partial charge on any atom is 0.159 e. The third-order valence-corrected chi connectivity index (χ3v) is 20.6. The summed E-state index contributed by atoms with van der Waals surface area (Å²) >= 11 is 0. The quantitative estimate of drug-likeness (QED) is 0.112. The fourth-order valence-corrected chi connectivity index (χ4v) is 15.7. The van der Waals surface area contributed by atoms with Crippen LogP contribution in [0.4, 0.5) is 34.1 Å². The molecule has 0 N–H and O–H groups in total. The van der Waals surface area contributed by atoms with E-state index in [1.165, 1.54) is 81.5 Å². The van der Waals surface area contributed by atoms with Crippen LogP contribution in [0.1, 0.15) is 0 Å². The smallest absolute Gasteiger partial charge is 0.159 e. The largest absolute Gasteiger partial charge is 0.454 e. The van der Waals surface area contributed by atoms with Crippen LogP contribution in [0.2, 0.25) is 32.7 Å². The molecule has 70 heavy (non-hydrogen) atoms. The molecule has 3 nitrogen and oxygen atoms in total. The van der Waals surface area contributed by atoms with E-state index in [0.29, 0.717) is 0 Å². The summed E-state index contributed by atoms with van der Waals surface area (Å²) in [6.45, 7) is 12.4. The molecule has 1 aliphatic rings. The van der Waals surface area contributed by atoms with Crippen LogP contribution in [0.3, 0.4) is 0 Å². The van der Waals surface area contributed by atoms with E-state index < -0.39 is 16.1 Å². The van der Waals surface area contributed by atoms with Gasteiger partial charge in [0.1, 0.15) is 13.7 Å². The molecule has 0 saturated carbocycles. The Morgan fingerprint density at radius 3 is 1.64 bits per heavy atom. The second-order valence-corrected chi connectivity index (χ2v) is 29.9. The molecular formula is C65H52N2OSi2. The predicted molar refractivity (Wildman–Crippen MR) is 306 cm³/mol. The minimum Gasteiger partial charge on any atom is -0.454 e. The van der Waals surface area contributed by atoms with Crippen molar-refractivity contribution in [1.29, 1.82) is 0 Å². The first-order valence-corrected chi connectivity index (χ1v) is 31.0. The second-order valence-electron chi connectivity index (χ2n) is 20.5. The van der Waals surface area contributed by atoms with Crippen LogP contribution in [-0.2, 0) is 0 Å². The molecule has 0 spiro atoms. The molecule has 1 aromatic heterocycles. The molecule has 5 heteroatoms. The van der Waals surface area contributed by atoms with Crippen molar-refractivity contribution in [2.75, 3.05) is 9.80 Å². The van der Waals surface area contributed by atoms with Crippen molar-refractivity contribution in [3.8, 4) is 22.3 Å². The van der Waals surface area contributed by atoms with Gasteiger partial charge in [0, 0.05) is 39.2 Å². The van der Waals surface area contributed by atoms with Crippen molar-refractivity contribution in [2.24, 2.45) is 0 Å². The van der Waals surface area contributed by atoms with Crippen molar-refractivity contribution in [2.45, 2.75) is 32.7 Å². The zero-order valence-electron chi connectivity index (χ0n) is 40.2. The Morgan fingerprint density at radius 2 is 0.914 bits per heavy atom. The Labute approximate surface area is 411 Å². The Morgan fingerprint density at radius 1 is 0.371 bits per heavy atom. The van der Waals surface area contributed by atoms with E-state index in [9.17, 15) is 0 Å². The SMILES string of the molecule is C[Si](C)(C)c1ccc(N(c2ccccc2)c2ccc3c(c2)[Si](C)(C)c2cccc4c2c-3cc2c3ccccc3c(-c3ccc(N(c5ccccc5)c5cccc6c5oc5ccccc56)cc3)cc42)cc1. The molecule has 11 aromatic carbocycles. The van der Waals surface area contributed by atoms with Crippen LogP contribution in [0.15, 0.2) is 229 Å². The monoisotopic (exact) mass is 932 g/mol. The molecule has 0 saturated heterocycles. The molecular weight excluding hydrogens is 881 g/mol. The van der Waals surface area contributed by atoms with E-state index in [2.05, 4.69) is 261 Å². The van der Waals surface area contributed by atoms with Crippen molar-refractivity contribution in [3.63, 3.8) is 0 Å². The first-order chi connectivity index (χ1) is 34.1. The lowest BCUT2D eigenvalue weighted by Gasteiger charge is -2.36. The van der Waals surface area contributed by atoms with Crippen LogP contribution in [0.25, 0.3) is 76.5 Å². The first-order valence-electron chi connectivity index (χ1n) is 24.5. The van der Waals surface area contributed by atoms with Gasteiger partial charge >= 0.3 is 0 Å². The van der Waals surface area contributed by atoms with E-state index in [-0.39, 0.29) is 0 Å². The number of anilines is 6. The van der Waals surface area contributed by atoms with Gasteiger partial charge in [-0.2, -0.15) is 0 Å². The van der Waals surface area contributed by atoms with Gasteiger partial charge in [-0.1, -0.05) is 177 Å². The first kappa shape index (κ1) is 42.2. The standard InChI is InChI=1S/C65H52N2OSi2/c1-69(2,3)49-37-34-46(35-38-49)66(44-18-8-6-9-19-44)48-36-39-53-59-42-57-51-23-13-12-22-50(51)56(41-58(57)54-25-17-29-62(64(54)59)70(4,5)63(53)40-48)43-30-32-47(33-31-43)67(45-20-10-7-11-21-45)60-27-16-26-55-52-24-14-15-28-61(52)68-65(55)60/h6-42H,1-5H3. The van der Waals surface area contributed by atoms with Crippen LogP contribution >= 0.6 is 0 Å². The van der Waals surface area contributed by atoms with Gasteiger partial charge in [-0.3, -0.25) is 0 Å². The maximum absolute atomic E-state index is 6.61. The Hall–Kier alpha value is -7.97. The lowest BCUT2D eigenvalue weighted by molar-refractivity contribution is 0.669. The zero-order chi connectivity index (χ0) is 47.3. The molecule has 1 aliphatic heterocycles. The van der Waals surface area contributed by atoms with Crippen molar-refractivity contribution in [1.82, 2.24) is 0 Å². The number of benzene rings is 11. The van der Waals surface area contributed by atoms with Crippen molar-refractivity contribution in [3.05, 3.63) is 224 Å². The minimum atomic E-state index is -2.23. The summed E-state index contributed by atoms with van der Waals surface area (Å²) in [4.78, 5) is 4.76. The van der Waals surface area contributed by atoms with Gasteiger partial charge in [0.2, 0.25) is 0 Å². The summed E-state index contributed by atoms with van der Waals surface area (Å²) in [6.07, 6.45) is 0. The fourth-order valence-electron chi connectivity index (χ4n) is 11.4. The summed E-state index contributed by atoms with van der Waals surface area (Å²) in [7, 11) is -3.69. The highest BCUT2D eigenvalue weighted by atomic mass is 28.3. The van der Waals surface area contributed by atoms with Crippen LogP contribution in [0, 0.1) is 0 Å². The average molecular weight is 933 g/mol. The van der Waals surface area contributed by atoms with Crippen molar-refractivity contribution < 1.29 is 4.42 Å². The molecule has 2 heterocycles.